The molecule has 1 aliphatic heterocycles. The number of fused-ring (bicyclic) bond motifs is 1. The molecule has 6 nitrogen and oxygen atoms in total. The molecule has 4 rings (SSSR count). The molecule has 0 saturated carbocycles. The predicted octanol–water partition coefficient (Wildman–Crippen LogP) is 4.47. The number of aromatic amines is 1. The van der Waals surface area contributed by atoms with Crippen molar-refractivity contribution in [2.24, 2.45) is 5.41 Å². The minimum absolute atomic E-state index is 0.00157. The maximum absolute atomic E-state index is 12.6. The Labute approximate surface area is 171 Å². The molecule has 1 aliphatic rings. The largest absolute Gasteiger partial charge is 0.309 e. The number of hydrogen-bond donors (Lipinski definition) is 2. The quantitative estimate of drug-likeness (QED) is 0.650. The van der Waals surface area contributed by atoms with E-state index in [9.17, 15) is 4.79 Å². The first-order chi connectivity index (χ1) is 14.0. The topological polar surface area (TPSA) is 73.9 Å². The van der Waals surface area contributed by atoms with Gasteiger partial charge in [0.2, 0.25) is 5.91 Å². The average Bonchev–Trinajstić information content (AvgIpc) is 3.15. The van der Waals surface area contributed by atoms with Crippen LogP contribution in [0.25, 0.3) is 22.2 Å². The smallest absolute Gasteiger partial charge is 0.226 e. The van der Waals surface area contributed by atoms with Gasteiger partial charge in [-0.2, -0.15) is 5.10 Å². The number of H-pyrrole nitrogens is 1. The van der Waals surface area contributed by atoms with Gasteiger partial charge < -0.3 is 10.2 Å². The Bertz CT molecular complexity index is 988. The second kappa shape index (κ2) is 8.33. The van der Waals surface area contributed by atoms with E-state index in [2.05, 4.69) is 45.3 Å². The molecule has 0 bridgehead atoms. The summed E-state index contributed by atoms with van der Waals surface area (Å²) in [5, 5.41) is 11.3. The Morgan fingerprint density at radius 2 is 1.97 bits per heavy atom. The number of carbonyl (C=O) groups is 1. The maximum Gasteiger partial charge on any atom is 0.226 e. The molecule has 6 heteroatoms. The van der Waals surface area contributed by atoms with Crippen molar-refractivity contribution in [2.45, 2.75) is 39.5 Å². The summed E-state index contributed by atoms with van der Waals surface area (Å²) in [6.07, 6.45) is 6.15. The third-order valence-corrected chi connectivity index (χ3v) is 5.49. The van der Waals surface area contributed by atoms with Crippen LogP contribution in [0.3, 0.4) is 0 Å². The van der Waals surface area contributed by atoms with Crippen LogP contribution in [0, 0.1) is 5.41 Å². The van der Waals surface area contributed by atoms with Crippen molar-refractivity contribution in [1.82, 2.24) is 20.1 Å². The van der Waals surface area contributed by atoms with Crippen molar-refractivity contribution in [1.29, 1.82) is 0 Å². The van der Waals surface area contributed by atoms with Crippen LogP contribution in [0.4, 0.5) is 5.82 Å². The minimum Gasteiger partial charge on any atom is -0.309 e. The monoisotopic (exact) mass is 391 g/mol. The van der Waals surface area contributed by atoms with Gasteiger partial charge in [-0.1, -0.05) is 38.5 Å². The lowest BCUT2D eigenvalue weighted by Crippen LogP contribution is -2.39. The lowest BCUT2D eigenvalue weighted by molar-refractivity contribution is -0.118. The van der Waals surface area contributed by atoms with Crippen molar-refractivity contribution >= 4 is 22.6 Å². The molecule has 0 spiro atoms. The lowest BCUT2D eigenvalue weighted by Gasteiger charge is -2.34. The number of rotatable bonds is 6. The van der Waals surface area contributed by atoms with Crippen LogP contribution >= 0.6 is 0 Å². The number of nitrogens with one attached hydrogen (secondary N) is 2. The summed E-state index contributed by atoms with van der Waals surface area (Å²) in [5.74, 6) is 0.550. The van der Waals surface area contributed by atoms with Gasteiger partial charge in [-0.05, 0) is 43.5 Å². The molecule has 0 atom stereocenters. The van der Waals surface area contributed by atoms with E-state index in [1.54, 1.807) is 0 Å². The standard InChI is InChI=1S/C23H29N5O/c1-23(2,16-28-10-6-3-7-11-28)14-22(29)25-21-13-20(26-27-21)18-12-17-8-4-5-9-19(17)24-15-18/h4-5,8-9,12-13,15H,3,6-7,10-11,14,16H2,1-2H3,(H2,25,26,27,29). The molecule has 0 unspecified atom stereocenters. The number of piperidine rings is 1. The Morgan fingerprint density at radius 1 is 1.17 bits per heavy atom. The molecule has 1 amide bonds. The number of benzene rings is 1. The van der Waals surface area contributed by atoms with E-state index in [1.807, 2.05) is 36.5 Å². The molecule has 29 heavy (non-hydrogen) atoms. The first-order valence-electron chi connectivity index (χ1n) is 10.4. The summed E-state index contributed by atoms with van der Waals surface area (Å²) >= 11 is 0. The third kappa shape index (κ3) is 5.01. The van der Waals surface area contributed by atoms with E-state index in [-0.39, 0.29) is 11.3 Å². The van der Waals surface area contributed by atoms with Gasteiger partial charge in [-0.25, -0.2) is 0 Å². The molecule has 1 fully saturated rings. The highest BCUT2D eigenvalue weighted by molar-refractivity contribution is 5.91. The number of carbonyl (C=O) groups excluding carboxylic acids is 1. The summed E-state index contributed by atoms with van der Waals surface area (Å²) in [4.78, 5) is 19.6. The van der Waals surface area contributed by atoms with Gasteiger partial charge in [0.15, 0.2) is 5.82 Å². The number of para-hydroxylation sites is 1. The molecule has 1 aromatic carbocycles. The second-order valence-electron chi connectivity index (χ2n) is 8.81. The highest BCUT2D eigenvalue weighted by Crippen LogP contribution is 2.26. The number of anilines is 1. The lowest BCUT2D eigenvalue weighted by atomic mass is 9.87. The fourth-order valence-electron chi connectivity index (χ4n) is 4.15. The number of pyridine rings is 1. The van der Waals surface area contributed by atoms with E-state index in [0.29, 0.717) is 12.2 Å². The number of nitrogens with zero attached hydrogens (tertiary/aromatic N) is 3. The van der Waals surface area contributed by atoms with Gasteiger partial charge in [0.25, 0.3) is 0 Å². The SMILES string of the molecule is CC(C)(CC(=O)Nc1cc(-c2cnc3ccccc3c2)[nH]n1)CN1CCCCC1. The fraction of sp³-hybridized carbons (Fsp3) is 0.435. The van der Waals surface area contributed by atoms with Crippen LogP contribution in [0.15, 0.2) is 42.6 Å². The molecule has 3 aromatic rings. The highest BCUT2D eigenvalue weighted by atomic mass is 16.1. The van der Waals surface area contributed by atoms with Gasteiger partial charge >= 0.3 is 0 Å². The van der Waals surface area contributed by atoms with Gasteiger partial charge in [0.05, 0.1) is 11.2 Å². The summed E-state index contributed by atoms with van der Waals surface area (Å²) < 4.78 is 0. The molecule has 2 aromatic heterocycles. The minimum atomic E-state index is -0.0666. The summed E-state index contributed by atoms with van der Waals surface area (Å²) in [5.41, 5.74) is 2.68. The molecule has 2 N–H and O–H groups in total. The molecular formula is C23H29N5O. The number of amides is 1. The van der Waals surface area contributed by atoms with Gasteiger partial charge in [0.1, 0.15) is 0 Å². The zero-order chi connectivity index (χ0) is 20.3. The summed E-state index contributed by atoms with van der Waals surface area (Å²) in [7, 11) is 0. The van der Waals surface area contributed by atoms with Crippen molar-refractivity contribution in [3.63, 3.8) is 0 Å². The van der Waals surface area contributed by atoms with Gasteiger partial charge in [-0.15, -0.1) is 0 Å². The van der Waals surface area contributed by atoms with Crippen LogP contribution in [0.2, 0.25) is 0 Å². The Balaban J connectivity index is 1.38. The van der Waals surface area contributed by atoms with E-state index in [1.165, 1.54) is 19.3 Å². The van der Waals surface area contributed by atoms with Gasteiger partial charge in [0, 0.05) is 36.2 Å². The molecule has 152 valence electrons. The first-order valence-corrected chi connectivity index (χ1v) is 10.4. The van der Waals surface area contributed by atoms with Crippen molar-refractivity contribution in [3.05, 3.63) is 42.6 Å². The molecule has 0 aliphatic carbocycles. The van der Waals surface area contributed by atoms with E-state index >= 15 is 0 Å². The van der Waals surface area contributed by atoms with Crippen LogP contribution in [0.5, 0.6) is 0 Å². The Morgan fingerprint density at radius 3 is 2.79 bits per heavy atom. The van der Waals surface area contributed by atoms with Crippen molar-refractivity contribution in [3.8, 4) is 11.3 Å². The molecule has 1 saturated heterocycles. The Kier molecular flexibility index (Phi) is 5.62. The average molecular weight is 392 g/mol. The number of hydrogen-bond acceptors (Lipinski definition) is 4. The number of aromatic nitrogens is 3. The van der Waals surface area contributed by atoms with Crippen LogP contribution in [-0.4, -0.2) is 45.6 Å². The molecular weight excluding hydrogens is 362 g/mol. The molecule has 3 heterocycles. The fourth-order valence-corrected chi connectivity index (χ4v) is 4.15. The highest BCUT2D eigenvalue weighted by Gasteiger charge is 2.26. The third-order valence-electron chi connectivity index (χ3n) is 5.49. The predicted molar refractivity (Wildman–Crippen MR) is 117 cm³/mol. The maximum atomic E-state index is 12.6. The summed E-state index contributed by atoms with van der Waals surface area (Å²) in [6, 6.07) is 11.9. The normalized spacial score (nSPS) is 15.5. The zero-order valence-electron chi connectivity index (χ0n) is 17.2. The first kappa shape index (κ1) is 19.6. The van der Waals surface area contributed by atoms with Gasteiger partial charge in [-0.3, -0.25) is 14.9 Å². The molecule has 0 radical (unpaired) electrons. The zero-order valence-corrected chi connectivity index (χ0v) is 17.2. The van der Waals surface area contributed by atoms with Crippen LogP contribution in [0.1, 0.15) is 39.5 Å². The van der Waals surface area contributed by atoms with Crippen molar-refractivity contribution < 1.29 is 4.79 Å². The number of likely N-dealkylation sites (tertiary alicyclic amines) is 1. The second-order valence-corrected chi connectivity index (χ2v) is 8.81. The van der Waals surface area contributed by atoms with E-state index < -0.39 is 0 Å². The van der Waals surface area contributed by atoms with Crippen molar-refractivity contribution in [2.75, 3.05) is 25.0 Å². The summed E-state index contributed by atoms with van der Waals surface area (Å²) in [6.45, 7) is 7.58. The van der Waals surface area contributed by atoms with E-state index in [0.717, 1.165) is 41.8 Å². The van der Waals surface area contributed by atoms with E-state index in [4.69, 9.17) is 0 Å². The Hall–Kier alpha value is -2.73. The van der Waals surface area contributed by atoms with Crippen LogP contribution < -0.4 is 5.32 Å². The van der Waals surface area contributed by atoms with Crippen LogP contribution in [-0.2, 0) is 4.79 Å².